The van der Waals surface area contributed by atoms with Gasteiger partial charge in [-0.25, -0.2) is 14.0 Å². The van der Waals surface area contributed by atoms with Gasteiger partial charge in [-0.05, 0) is 32.0 Å². The molecule has 1 aromatic carbocycles. The summed E-state index contributed by atoms with van der Waals surface area (Å²) in [4.78, 5) is 23.8. The highest BCUT2D eigenvalue weighted by Crippen LogP contribution is 2.14. The maximum atomic E-state index is 13.0. The molecule has 98 valence electrons. The van der Waals surface area contributed by atoms with E-state index < -0.39 is 23.4 Å². The first-order valence-electron chi connectivity index (χ1n) is 5.29. The van der Waals surface area contributed by atoms with Crippen LogP contribution < -0.4 is 10.2 Å². The van der Waals surface area contributed by atoms with Crippen LogP contribution in [-0.4, -0.2) is 29.7 Å². The van der Waals surface area contributed by atoms with Gasteiger partial charge in [0.1, 0.15) is 11.4 Å². The number of carboxylic acid groups (broad SMARTS) is 1. The van der Waals surface area contributed by atoms with E-state index in [2.05, 4.69) is 5.32 Å². The van der Waals surface area contributed by atoms with E-state index in [9.17, 15) is 14.0 Å². The van der Waals surface area contributed by atoms with Gasteiger partial charge in [0.25, 0.3) is 0 Å². The lowest BCUT2D eigenvalue weighted by atomic mass is 10.1. The number of urea groups is 1. The third-order valence-corrected chi connectivity index (χ3v) is 2.45. The second-order valence-electron chi connectivity index (χ2n) is 4.40. The first-order chi connectivity index (χ1) is 8.24. The summed E-state index contributed by atoms with van der Waals surface area (Å²) < 4.78 is 13.0. The Morgan fingerprint density at radius 3 is 2.50 bits per heavy atom. The molecule has 2 N–H and O–H groups in total. The smallest absolute Gasteiger partial charge is 0.328 e. The third-order valence-electron chi connectivity index (χ3n) is 2.45. The molecule has 0 aliphatic carbocycles. The van der Waals surface area contributed by atoms with Gasteiger partial charge >= 0.3 is 12.0 Å². The monoisotopic (exact) mass is 254 g/mol. The SMILES string of the molecule is CN(C(=O)NC(C)(C)C(=O)O)c1cccc(F)c1. The first-order valence-corrected chi connectivity index (χ1v) is 5.29. The molecular formula is C12H15FN2O3. The van der Waals surface area contributed by atoms with Crippen molar-refractivity contribution < 1.29 is 19.1 Å². The Kier molecular flexibility index (Phi) is 3.90. The summed E-state index contributed by atoms with van der Waals surface area (Å²) in [5.74, 6) is -1.62. The van der Waals surface area contributed by atoms with Crippen LogP contribution in [0.25, 0.3) is 0 Å². The Labute approximate surface area is 104 Å². The van der Waals surface area contributed by atoms with Crippen molar-refractivity contribution in [1.82, 2.24) is 5.32 Å². The van der Waals surface area contributed by atoms with Crippen LogP contribution in [0, 0.1) is 5.82 Å². The zero-order valence-electron chi connectivity index (χ0n) is 10.4. The lowest BCUT2D eigenvalue weighted by Crippen LogP contribution is -2.53. The van der Waals surface area contributed by atoms with Gasteiger partial charge in [-0.2, -0.15) is 0 Å². The number of amides is 2. The number of nitrogens with one attached hydrogen (secondary N) is 1. The summed E-state index contributed by atoms with van der Waals surface area (Å²) in [5.41, 5.74) is -1.05. The van der Waals surface area contributed by atoms with Gasteiger partial charge in [0.05, 0.1) is 0 Å². The van der Waals surface area contributed by atoms with Crippen LogP contribution in [-0.2, 0) is 4.79 Å². The van der Waals surface area contributed by atoms with Gasteiger partial charge < -0.3 is 10.4 Å². The number of carboxylic acids is 1. The van der Waals surface area contributed by atoms with Crippen molar-refractivity contribution in [2.45, 2.75) is 19.4 Å². The Bertz CT molecular complexity index is 474. The summed E-state index contributed by atoms with van der Waals surface area (Å²) in [7, 11) is 1.43. The number of hydrogen-bond acceptors (Lipinski definition) is 2. The zero-order chi connectivity index (χ0) is 13.9. The standard InChI is InChI=1S/C12H15FN2O3/c1-12(2,10(16)17)14-11(18)15(3)9-6-4-5-8(13)7-9/h4-7H,1-3H3,(H,14,18)(H,16,17). The van der Waals surface area contributed by atoms with Crippen molar-refractivity contribution in [3.05, 3.63) is 30.1 Å². The minimum atomic E-state index is -1.39. The van der Waals surface area contributed by atoms with Gasteiger partial charge in [0.2, 0.25) is 0 Å². The van der Waals surface area contributed by atoms with E-state index in [-0.39, 0.29) is 0 Å². The molecule has 6 heteroatoms. The predicted octanol–water partition coefficient (Wildman–Crippen LogP) is 1.83. The number of carbonyl (C=O) groups is 2. The van der Waals surface area contributed by atoms with Crippen LogP contribution in [0.15, 0.2) is 24.3 Å². The highest BCUT2D eigenvalue weighted by atomic mass is 19.1. The quantitative estimate of drug-likeness (QED) is 0.864. The fourth-order valence-corrected chi connectivity index (χ4v) is 1.21. The minimum absolute atomic E-state index is 0.341. The second-order valence-corrected chi connectivity index (χ2v) is 4.40. The lowest BCUT2D eigenvalue weighted by molar-refractivity contribution is -0.142. The molecule has 0 aromatic heterocycles. The molecule has 2 amide bonds. The third kappa shape index (κ3) is 3.19. The molecule has 0 aliphatic heterocycles. The van der Waals surface area contributed by atoms with Crippen molar-refractivity contribution >= 4 is 17.7 Å². The summed E-state index contributed by atoms with van der Waals surface area (Å²) >= 11 is 0. The molecule has 0 unspecified atom stereocenters. The molecule has 0 radical (unpaired) electrons. The zero-order valence-corrected chi connectivity index (χ0v) is 10.4. The number of hydrogen-bond donors (Lipinski definition) is 2. The van der Waals surface area contributed by atoms with Gasteiger partial charge in [0.15, 0.2) is 0 Å². The molecule has 0 heterocycles. The molecule has 0 aliphatic rings. The van der Waals surface area contributed by atoms with Gasteiger partial charge in [0, 0.05) is 12.7 Å². The predicted molar refractivity (Wildman–Crippen MR) is 65.0 cm³/mol. The average Bonchev–Trinajstić information content (AvgIpc) is 2.27. The molecule has 0 saturated heterocycles. The Morgan fingerprint density at radius 2 is 2.00 bits per heavy atom. The van der Waals surface area contributed by atoms with Crippen LogP contribution in [0.2, 0.25) is 0 Å². The molecular weight excluding hydrogens is 239 g/mol. The van der Waals surface area contributed by atoms with E-state index in [1.807, 2.05) is 0 Å². The van der Waals surface area contributed by atoms with E-state index >= 15 is 0 Å². The van der Waals surface area contributed by atoms with E-state index in [0.29, 0.717) is 5.69 Å². The van der Waals surface area contributed by atoms with Crippen molar-refractivity contribution in [3.63, 3.8) is 0 Å². The summed E-state index contributed by atoms with van der Waals surface area (Å²) in [6.45, 7) is 2.74. The molecule has 5 nitrogen and oxygen atoms in total. The molecule has 0 atom stereocenters. The van der Waals surface area contributed by atoms with Crippen molar-refractivity contribution in [1.29, 1.82) is 0 Å². The number of anilines is 1. The number of nitrogens with zero attached hydrogens (tertiary/aromatic N) is 1. The molecule has 1 rings (SSSR count). The number of benzene rings is 1. The minimum Gasteiger partial charge on any atom is -0.480 e. The number of halogens is 1. The average molecular weight is 254 g/mol. The molecule has 0 saturated carbocycles. The Morgan fingerprint density at radius 1 is 1.39 bits per heavy atom. The van der Waals surface area contributed by atoms with Crippen molar-refractivity contribution in [3.8, 4) is 0 Å². The van der Waals surface area contributed by atoms with E-state index in [0.717, 1.165) is 4.90 Å². The van der Waals surface area contributed by atoms with Crippen LogP contribution >= 0.6 is 0 Å². The Hall–Kier alpha value is -2.11. The van der Waals surface area contributed by atoms with Crippen LogP contribution in [0.1, 0.15) is 13.8 Å². The van der Waals surface area contributed by atoms with Crippen LogP contribution in [0.3, 0.4) is 0 Å². The molecule has 0 spiro atoms. The number of aliphatic carboxylic acids is 1. The normalized spacial score (nSPS) is 10.9. The van der Waals surface area contributed by atoms with Crippen LogP contribution in [0.4, 0.5) is 14.9 Å². The van der Waals surface area contributed by atoms with Crippen molar-refractivity contribution in [2.24, 2.45) is 0 Å². The molecule has 1 aromatic rings. The Balaban J connectivity index is 2.82. The van der Waals surface area contributed by atoms with Gasteiger partial charge in [-0.15, -0.1) is 0 Å². The fraction of sp³-hybridized carbons (Fsp3) is 0.333. The van der Waals surface area contributed by atoms with Crippen molar-refractivity contribution in [2.75, 3.05) is 11.9 Å². The maximum absolute atomic E-state index is 13.0. The summed E-state index contributed by atoms with van der Waals surface area (Å²) in [5, 5.41) is 11.2. The fourth-order valence-electron chi connectivity index (χ4n) is 1.21. The largest absolute Gasteiger partial charge is 0.480 e. The topological polar surface area (TPSA) is 69.6 Å². The molecule has 0 fully saturated rings. The van der Waals surface area contributed by atoms with Gasteiger partial charge in [-0.3, -0.25) is 4.90 Å². The number of carbonyl (C=O) groups excluding carboxylic acids is 1. The number of rotatable bonds is 3. The van der Waals surface area contributed by atoms with E-state index in [4.69, 9.17) is 5.11 Å². The van der Waals surface area contributed by atoms with E-state index in [1.165, 1.54) is 39.1 Å². The highest BCUT2D eigenvalue weighted by molar-refractivity contribution is 5.95. The van der Waals surface area contributed by atoms with Crippen LogP contribution in [0.5, 0.6) is 0 Å². The van der Waals surface area contributed by atoms with Gasteiger partial charge in [-0.1, -0.05) is 6.07 Å². The first kappa shape index (κ1) is 14.0. The second kappa shape index (κ2) is 5.03. The molecule has 0 bridgehead atoms. The van der Waals surface area contributed by atoms with E-state index in [1.54, 1.807) is 6.07 Å². The molecule has 18 heavy (non-hydrogen) atoms. The summed E-state index contributed by atoms with van der Waals surface area (Å²) in [6.07, 6.45) is 0. The summed E-state index contributed by atoms with van der Waals surface area (Å²) in [6, 6.07) is 4.85. The maximum Gasteiger partial charge on any atom is 0.328 e. The lowest BCUT2D eigenvalue weighted by Gasteiger charge is -2.25. The highest BCUT2D eigenvalue weighted by Gasteiger charge is 2.30.